The summed E-state index contributed by atoms with van der Waals surface area (Å²) < 4.78 is 0. The van der Waals surface area contributed by atoms with Gasteiger partial charge in [0.15, 0.2) is 0 Å². The molecule has 2 aromatic rings. The van der Waals surface area contributed by atoms with Crippen molar-refractivity contribution < 1.29 is 10.0 Å². The maximum atomic E-state index is 9.37. The Hall–Kier alpha value is -1.23. The summed E-state index contributed by atoms with van der Waals surface area (Å²) in [5.74, 6) is 0. The highest BCUT2D eigenvalue weighted by molar-refractivity contribution is 7.99. The van der Waals surface area contributed by atoms with Crippen LogP contribution < -0.4 is 5.46 Å². The predicted molar refractivity (Wildman–Crippen MR) is 69.6 cm³/mol. The van der Waals surface area contributed by atoms with Gasteiger partial charge in [-0.15, -0.1) is 0 Å². The summed E-state index contributed by atoms with van der Waals surface area (Å²) in [7, 11) is -1.40. The van der Waals surface area contributed by atoms with Gasteiger partial charge in [0, 0.05) is 9.79 Å². The monoisotopic (exact) mass is 242 g/mol. The van der Waals surface area contributed by atoms with Gasteiger partial charge < -0.3 is 10.0 Å². The summed E-state index contributed by atoms with van der Waals surface area (Å²) in [6.45, 7) is 0. The van der Waals surface area contributed by atoms with E-state index in [-0.39, 0.29) is 0 Å². The highest BCUT2D eigenvalue weighted by atomic mass is 32.2. The van der Waals surface area contributed by atoms with Crippen LogP contribution >= 0.6 is 11.8 Å². The van der Waals surface area contributed by atoms with Crippen molar-refractivity contribution in [3.05, 3.63) is 53.6 Å². The van der Waals surface area contributed by atoms with Gasteiger partial charge in [-0.3, -0.25) is 0 Å². The molecule has 0 fully saturated rings. The molecule has 0 spiro atoms. The van der Waals surface area contributed by atoms with E-state index in [0.717, 1.165) is 11.3 Å². The highest BCUT2D eigenvalue weighted by Crippen LogP contribution is 2.38. The van der Waals surface area contributed by atoms with Gasteiger partial charge in [-0.25, -0.2) is 0 Å². The molecule has 0 atom stereocenters. The lowest BCUT2D eigenvalue weighted by atomic mass is 9.79. The van der Waals surface area contributed by atoms with Crippen LogP contribution in [0.5, 0.6) is 0 Å². The molecule has 1 heterocycles. The SMILES string of the molecule is OB(O)c1cccc2c1Sc1ccccc1C2. The maximum absolute atomic E-state index is 9.37. The van der Waals surface area contributed by atoms with Crippen molar-refractivity contribution in [1.29, 1.82) is 0 Å². The van der Waals surface area contributed by atoms with Gasteiger partial charge in [-0.2, -0.15) is 0 Å². The van der Waals surface area contributed by atoms with Crippen molar-refractivity contribution >= 4 is 24.3 Å². The average Bonchev–Trinajstić information content (AvgIpc) is 2.35. The van der Waals surface area contributed by atoms with E-state index in [9.17, 15) is 10.0 Å². The summed E-state index contributed by atoms with van der Waals surface area (Å²) >= 11 is 1.62. The molecule has 2 N–H and O–H groups in total. The average molecular weight is 242 g/mol. The van der Waals surface area contributed by atoms with Crippen LogP contribution in [0, 0.1) is 0 Å². The lowest BCUT2D eigenvalue weighted by molar-refractivity contribution is 0.425. The largest absolute Gasteiger partial charge is 0.489 e. The van der Waals surface area contributed by atoms with E-state index in [1.807, 2.05) is 24.3 Å². The molecule has 3 rings (SSSR count). The number of hydrogen-bond donors (Lipinski definition) is 2. The Morgan fingerprint density at radius 1 is 0.941 bits per heavy atom. The summed E-state index contributed by atoms with van der Waals surface area (Å²) in [6.07, 6.45) is 0.860. The minimum absolute atomic E-state index is 0.599. The molecular formula is C13H11BO2S. The molecule has 0 aliphatic carbocycles. The van der Waals surface area contributed by atoms with Gasteiger partial charge in [0.1, 0.15) is 0 Å². The van der Waals surface area contributed by atoms with Crippen LogP contribution in [0.25, 0.3) is 0 Å². The van der Waals surface area contributed by atoms with E-state index in [1.165, 1.54) is 16.0 Å². The summed E-state index contributed by atoms with van der Waals surface area (Å²) in [5.41, 5.74) is 3.07. The van der Waals surface area contributed by atoms with Gasteiger partial charge in [-0.05, 0) is 29.1 Å². The fourth-order valence-corrected chi connectivity index (χ4v) is 3.34. The van der Waals surface area contributed by atoms with Crippen LogP contribution in [0.2, 0.25) is 0 Å². The summed E-state index contributed by atoms with van der Waals surface area (Å²) in [4.78, 5) is 2.19. The molecule has 0 amide bonds. The molecule has 4 heteroatoms. The molecule has 0 aromatic heterocycles. The molecule has 0 saturated heterocycles. The first-order valence-corrected chi connectivity index (χ1v) is 6.31. The van der Waals surface area contributed by atoms with Crippen molar-refractivity contribution in [2.24, 2.45) is 0 Å². The van der Waals surface area contributed by atoms with Crippen LogP contribution in [0.15, 0.2) is 52.3 Å². The van der Waals surface area contributed by atoms with E-state index in [2.05, 4.69) is 12.1 Å². The quantitative estimate of drug-likeness (QED) is 0.634. The zero-order valence-electron chi connectivity index (χ0n) is 9.13. The van der Waals surface area contributed by atoms with Crippen LogP contribution in [-0.2, 0) is 6.42 Å². The van der Waals surface area contributed by atoms with E-state index >= 15 is 0 Å². The van der Waals surface area contributed by atoms with Crippen LogP contribution in [0.1, 0.15) is 11.1 Å². The third kappa shape index (κ3) is 1.88. The van der Waals surface area contributed by atoms with Crippen molar-refractivity contribution in [3.63, 3.8) is 0 Å². The van der Waals surface area contributed by atoms with Gasteiger partial charge in [-0.1, -0.05) is 48.2 Å². The number of benzene rings is 2. The second kappa shape index (κ2) is 4.22. The van der Waals surface area contributed by atoms with Crippen molar-refractivity contribution in [2.45, 2.75) is 16.2 Å². The molecule has 2 aromatic carbocycles. The molecule has 0 bridgehead atoms. The third-order valence-electron chi connectivity index (χ3n) is 2.97. The molecule has 1 aliphatic heterocycles. The Bertz CT molecular complexity index is 569. The third-order valence-corrected chi connectivity index (χ3v) is 4.29. The second-order valence-electron chi connectivity index (χ2n) is 4.10. The normalized spacial score (nSPS) is 12.8. The second-order valence-corrected chi connectivity index (χ2v) is 5.15. The molecule has 0 radical (unpaired) electrons. The topological polar surface area (TPSA) is 40.5 Å². The zero-order valence-corrected chi connectivity index (χ0v) is 9.95. The fourth-order valence-electron chi connectivity index (χ4n) is 2.14. The Balaban J connectivity index is 2.12. The Kier molecular flexibility index (Phi) is 2.71. The Morgan fingerprint density at radius 3 is 2.53 bits per heavy atom. The lowest BCUT2D eigenvalue weighted by Gasteiger charge is -2.21. The minimum Gasteiger partial charge on any atom is -0.423 e. The van der Waals surface area contributed by atoms with Gasteiger partial charge in [0.25, 0.3) is 0 Å². The van der Waals surface area contributed by atoms with Crippen molar-refractivity contribution in [2.75, 3.05) is 0 Å². The first-order chi connectivity index (χ1) is 8.25. The zero-order chi connectivity index (χ0) is 11.8. The lowest BCUT2D eigenvalue weighted by Crippen LogP contribution is -2.32. The smallest absolute Gasteiger partial charge is 0.423 e. The Morgan fingerprint density at radius 2 is 1.71 bits per heavy atom. The number of hydrogen-bond acceptors (Lipinski definition) is 3. The molecule has 0 saturated carbocycles. The minimum atomic E-state index is -1.40. The summed E-state index contributed by atoms with van der Waals surface area (Å²) in [5, 5.41) is 18.7. The van der Waals surface area contributed by atoms with Crippen LogP contribution in [0.3, 0.4) is 0 Å². The van der Waals surface area contributed by atoms with Gasteiger partial charge in [0.05, 0.1) is 0 Å². The van der Waals surface area contributed by atoms with E-state index in [0.29, 0.717) is 5.46 Å². The van der Waals surface area contributed by atoms with Gasteiger partial charge in [0.2, 0.25) is 0 Å². The molecule has 17 heavy (non-hydrogen) atoms. The maximum Gasteiger partial charge on any atom is 0.489 e. The highest BCUT2D eigenvalue weighted by Gasteiger charge is 2.23. The van der Waals surface area contributed by atoms with Crippen molar-refractivity contribution in [1.82, 2.24) is 0 Å². The molecule has 1 aliphatic rings. The molecule has 2 nitrogen and oxygen atoms in total. The Labute approximate surface area is 104 Å². The first-order valence-electron chi connectivity index (χ1n) is 5.49. The van der Waals surface area contributed by atoms with Crippen LogP contribution in [0.4, 0.5) is 0 Å². The number of fused-ring (bicyclic) bond motifs is 2. The predicted octanol–water partition coefficient (Wildman–Crippen LogP) is 1.42. The molecule has 0 unspecified atom stereocenters. The number of rotatable bonds is 1. The fraction of sp³-hybridized carbons (Fsp3) is 0.0769. The van der Waals surface area contributed by atoms with E-state index in [1.54, 1.807) is 17.8 Å². The molecule has 84 valence electrons. The van der Waals surface area contributed by atoms with Crippen LogP contribution in [-0.4, -0.2) is 17.2 Å². The molecular weight excluding hydrogens is 231 g/mol. The van der Waals surface area contributed by atoms with Crippen molar-refractivity contribution in [3.8, 4) is 0 Å². The summed E-state index contributed by atoms with van der Waals surface area (Å²) in [6, 6.07) is 13.9. The van der Waals surface area contributed by atoms with Gasteiger partial charge >= 0.3 is 7.12 Å². The van der Waals surface area contributed by atoms with E-state index < -0.39 is 7.12 Å². The standard InChI is InChI=1S/C13H11BO2S/c15-14(16)11-6-3-5-10-8-9-4-1-2-7-12(9)17-13(10)11/h1-7,15-16H,8H2. The first kappa shape index (κ1) is 10.9. The van der Waals surface area contributed by atoms with E-state index in [4.69, 9.17) is 0 Å².